The molecular weight excluding hydrogens is 255 g/mol. The number of aromatic nitrogens is 4. The molecule has 4 nitrogen and oxygen atoms in total. The molecule has 7 heteroatoms. The summed E-state index contributed by atoms with van der Waals surface area (Å²) in [6, 6.07) is 0. The number of hydrogen-bond donors (Lipinski definition) is 0. The highest BCUT2D eigenvalue weighted by Gasteiger charge is 2.09. The maximum atomic E-state index is 5.92. The highest BCUT2D eigenvalue weighted by atomic mass is 35.5. The van der Waals surface area contributed by atoms with Gasteiger partial charge >= 0.3 is 0 Å². The molecule has 2 heterocycles. The van der Waals surface area contributed by atoms with Gasteiger partial charge in [0.25, 0.3) is 0 Å². The molecule has 0 aromatic carbocycles. The summed E-state index contributed by atoms with van der Waals surface area (Å²) in [4.78, 5) is 11.9. The Kier molecular flexibility index (Phi) is 3.14. The molecule has 0 fully saturated rings. The first-order valence-corrected chi connectivity index (χ1v) is 5.57. The summed E-state index contributed by atoms with van der Waals surface area (Å²) in [5.74, 6) is 0. The van der Waals surface area contributed by atoms with E-state index in [0.717, 1.165) is 5.16 Å². The second-order valence-corrected chi connectivity index (χ2v) is 4.42. The summed E-state index contributed by atoms with van der Waals surface area (Å²) >= 11 is 12.9. The van der Waals surface area contributed by atoms with E-state index >= 15 is 0 Å². The third-order valence-electron chi connectivity index (χ3n) is 1.65. The third kappa shape index (κ3) is 2.42. The van der Waals surface area contributed by atoms with E-state index in [-0.39, 0.29) is 5.28 Å². The average molecular weight is 261 g/mol. The Hall–Kier alpha value is -0.780. The quantitative estimate of drug-likeness (QED) is 0.615. The Morgan fingerprint density at radius 1 is 1.33 bits per heavy atom. The summed E-state index contributed by atoms with van der Waals surface area (Å²) in [7, 11) is 1.89. The number of rotatable bonds is 2. The SMILES string of the molecule is Cn1ccnc1Sc1nc(Cl)ncc1Cl. The van der Waals surface area contributed by atoms with Crippen molar-refractivity contribution in [2.75, 3.05) is 0 Å². The fourth-order valence-electron chi connectivity index (χ4n) is 0.940. The second kappa shape index (κ2) is 4.38. The van der Waals surface area contributed by atoms with Crippen LogP contribution >= 0.6 is 35.0 Å². The van der Waals surface area contributed by atoms with Crippen molar-refractivity contribution in [2.45, 2.75) is 10.2 Å². The largest absolute Gasteiger partial charge is 0.329 e. The molecule has 0 aliphatic carbocycles. The second-order valence-electron chi connectivity index (χ2n) is 2.71. The van der Waals surface area contributed by atoms with Crippen molar-refractivity contribution in [3.05, 3.63) is 28.9 Å². The zero-order valence-electron chi connectivity index (χ0n) is 7.69. The Labute approximate surface area is 101 Å². The zero-order valence-corrected chi connectivity index (χ0v) is 10.0. The molecule has 15 heavy (non-hydrogen) atoms. The van der Waals surface area contributed by atoms with E-state index < -0.39 is 0 Å². The van der Waals surface area contributed by atoms with Crippen LogP contribution in [0.4, 0.5) is 0 Å². The molecule has 0 unspecified atom stereocenters. The zero-order chi connectivity index (χ0) is 10.8. The van der Waals surface area contributed by atoms with E-state index in [9.17, 15) is 0 Å². The molecule has 78 valence electrons. The van der Waals surface area contributed by atoms with Crippen molar-refractivity contribution in [2.24, 2.45) is 7.05 Å². The lowest BCUT2D eigenvalue weighted by atomic mass is 10.7. The topological polar surface area (TPSA) is 43.6 Å². The normalized spacial score (nSPS) is 10.6. The molecule has 2 aromatic rings. The first-order chi connectivity index (χ1) is 7.16. The molecular formula is C8H6Cl2N4S. The van der Waals surface area contributed by atoms with Crippen molar-refractivity contribution < 1.29 is 0 Å². The van der Waals surface area contributed by atoms with Crippen LogP contribution in [0.25, 0.3) is 0 Å². The predicted molar refractivity (Wildman–Crippen MR) is 59.4 cm³/mol. The van der Waals surface area contributed by atoms with Crippen molar-refractivity contribution >= 4 is 35.0 Å². The van der Waals surface area contributed by atoms with E-state index in [0.29, 0.717) is 10.0 Å². The van der Waals surface area contributed by atoms with Crippen LogP contribution in [0, 0.1) is 0 Å². The number of halogens is 2. The number of aryl methyl sites for hydroxylation is 1. The highest BCUT2D eigenvalue weighted by molar-refractivity contribution is 7.99. The molecule has 2 rings (SSSR count). The molecule has 0 aliphatic heterocycles. The molecule has 0 radical (unpaired) electrons. The lowest BCUT2D eigenvalue weighted by Crippen LogP contribution is -1.91. The standard InChI is InChI=1S/C8H6Cl2N4S/c1-14-3-2-11-8(14)15-6-5(9)4-12-7(10)13-6/h2-4H,1H3. The fourth-order valence-corrected chi connectivity index (χ4v) is 2.10. The van der Waals surface area contributed by atoms with Gasteiger partial charge in [0.05, 0.1) is 11.2 Å². The highest BCUT2D eigenvalue weighted by Crippen LogP contribution is 2.30. The minimum absolute atomic E-state index is 0.177. The summed E-state index contributed by atoms with van der Waals surface area (Å²) in [6.07, 6.45) is 5.03. The van der Waals surface area contributed by atoms with E-state index in [1.807, 2.05) is 17.8 Å². The van der Waals surface area contributed by atoms with Crippen LogP contribution in [0.2, 0.25) is 10.3 Å². The van der Waals surface area contributed by atoms with Crippen LogP contribution in [-0.4, -0.2) is 19.5 Å². The Morgan fingerprint density at radius 3 is 2.80 bits per heavy atom. The molecule has 0 spiro atoms. The van der Waals surface area contributed by atoms with E-state index in [2.05, 4.69) is 15.0 Å². The summed E-state index contributed by atoms with van der Waals surface area (Å²) in [5, 5.41) is 2.04. The molecule has 0 N–H and O–H groups in total. The van der Waals surface area contributed by atoms with Crippen LogP contribution in [0.1, 0.15) is 0 Å². The molecule has 0 aliphatic rings. The van der Waals surface area contributed by atoms with E-state index in [1.165, 1.54) is 18.0 Å². The maximum absolute atomic E-state index is 5.92. The van der Waals surface area contributed by atoms with Crippen molar-refractivity contribution in [1.29, 1.82) is 0 Å². The van der Waals surface area contributed by atoms with Crippen molar-refractivity contribution in [3.63, 3.8) is 0 Å². The van der Waals surface area contributed by atoms with Crippen LogP contribution in [0.5, 0.6) is 0 Å². The van der Waals surface area contributed by atoms with E-state index in [4.69, 9.17) is 23.2 Å². The van der Waals surface area contributed by atoms with Crippen LogP contribution in [-0.2, 0) is 7.05 Å². The smallest absolute Gasteiger partial charge is 0.223 e. The molecule has 0 bridgehead atoms. The Morgan fingerprint density at radius 2 is 2.13 bits per heavy atom. The average Bonchev–Trinajstić information content (AvgIpc) is 2.58. The van der Waals surface area contributed by atoms with Gasteiger partial charge in [0.1, 0.15) is 5.03 Å². The lowest BCUT2D eigenvalue weighted by Gasteiger charge is -2.02. The van der Waals surface area contributed by atoms with Crippen molar-refractivity contribution in [1.82, 2.24) is 19.5 Å². The lowest BCUT2D eigenvalue weighted by molar-refractivity contribution is 0.788. The van der Waals surface area contributed by atoms with Crippen LogP contribution < -0.4 is 0 Å². The van der Waals surface area contributed by atoms with Gasteiger partial charge in [0.2, 0.25) is 5.28 Å². The van der Waals surface area contributed by atoms with Gasteiger partial charge in [0, 0.05) is 19.4 Å². The predicted octanol–water partition coefficient (Wildman–Crippen LogP) is 2.67. The Bertz CT molecular complexity index is 485. The van der Waals surface area contributed by atoms with Gasteiger partial charge in [-0.05, 0) is 23.4 Å². The third-order valence-corrected chi connectivity index (χ3v) is 3.30. The van der Waals surface area contributed by atoms with Crippen LogP contribution in [0.15, 0.2) is 28.8 Å². The number of imidazole rings is 1. The summed E-state index contributed by atoms with van der Waals surface area (Å²) in [6.45, 7) is 0. The molecule has 2 aromatic heterocycles. The van der Waals surface area contributed by atoms with Crippen LogP contribution in [0.3, 0.4) is 0 Å². The molecule has 0 saturated carbocycles. The molecule has 0 amide bonds. The molecule has 0 saturated heterocycles. The first kappa shape index (κ1) is 10.7. The monoisotopic (exact) mass is 260 g/mol. The van der Waals surface area contributed by atoms with Gasteiger partial charge in [-0.2, -0.15) is 0 Å². The minimum Gasteiger partial charge on any atom is -0.329 e. The van der Waals surface area contributed by atoms with Gasteiger partial charge in [-0.3, -0.25) is 0 Å². The Balaban J connectivity index is 2.32. The van der Waals surface area contributed by atoms with Gasteiger partial charge in [-0.15, -0.1) is 0 Å². The van der Waals surface area contributed by atoms with Gasteiger partial charge < -0.3 is 4.57 Å². The number of hydrogen-bond acceptors (Lipinski definition) is 4. The van der Waals surface area contributed by atoms with Gasteiger partial charge in [-0.25, -0.2) is 15.0 Å². The summed E-state index contributed by atoms with van der Waals surface area (Å²) < 4.78 is 1.87. The first-order valence-electron chi connectivity index (χ1n) is 4.00. The minimum atomic E-state index is 0.177. The van der Waals surface area contributed by atoms with Crippen molar-refractivity contribution in [3.8, 4) is 0 Å². The van der Waals surface area contributed by atoms with Gasteiger partial charge in [-0.1, -0.05) is 11.6 Å². The van der Waals surface area contributed by atoms with Gasteiger partial charge in [0.15, 0.2) is 5.16 Å². The number of nitrogens with zero attached hydrogens (tertiary/aromatic N) is 4. The van der Waals surface area contributed by atoms with E-state index in [1.54, 1.807) is 6.20 Å². The fraction of sp³-hybridized carbons (Fsp3) is 0.125. The maximum Gasteiger partial charge on any atom is 0.223 e. The molecule has 0 atom stereocenters. The summed E-state index contributed by atoms with van der Waals surface area (Å²) in [5.41, 5.74) is 0.